The van der Waals surface area contributed by atoms with Crippen molar-refractivity contribution in [2.45, 2.75) is 56.8 Å². The summed E-state index contributed by atoms with van der Waals surface area (Å²) in [5, 5.41) is 14.3. The van der Waals surface area contributed by atoms with Gasteiger partial charge in [-0.05, 0) is 31.2 Å². The van der Waals surface area contributed by atoms with Crippen LogP contribution in [0.3, 0.4) is 0 Å². The molecule has 0 bridgehead atoms. The number of carbonyl (C=O) groups is 4. The predicted molar refractivity (Wildman–Crippen MR) is 105 cm³/mol. The van der Waals surface area contributed by atoms with Crippen molar-refractivity contribution < 1.29 is 29.0 Å². The summed E-state index contributed by atoms with van der Waals surface area (Å²) < 4.78 is 4.85. The van der Waals surface area contributed by atoms with Crippen LogP contribution in [0.15, 0.2) is 30.3 Å². The van der Waals surface area contributed by atoms with Gasteiger partial charge in [0.25, 0.3) is 5.91 Å². The van der Waals surface area contributed by atoms with E-state index < -0.39 is 36.3 Å². The molecule has 0 aromatic heterocycles. The van der Waals surface area contributed by atoms with Crippen molar-refractivity contribution in [2.24, 2.45) is 5.73 Å². The van der Waals surface area contributed by atoms with Crippen molar-refractivity contribution in [2.75, 3.05) is 6.54 Å². The number of ether oxygens (including phenoxy) is 1. The maximum Gasteiger partial charge on any atom is 0.507 e. The van der Waals surface area contributed by atoms with Crippen LogP contribution in [0.5, 0.6) is 0 Å². The molecule has 162 valence electrons. The fourth-order valence-corrected chi connectivity index (χ4v) is 3.87. The molecule has 30 heavy (non-hydrogen) atoms. The van der Waals surface area contributed by atoms with Gasteiger partial charge in [0.1, 0.15) is 0 Å². The van der Waals surface area contributed by atoms with Crippen molar-refractivity contribution in [3.63, 3.8) is 0 Å². The average molecular weight is 418 g/mol. The van der Waals surface area contributed by atoms with Gasteiger partial charge in [0.2, 0.25) is 11.8 Å². The van der Waals surface area contributed by atoms with E-state index in [9.17, 15) is 19.2 Å². The summed E-state index contributed by atoms with van der Waals surface area (Å²) in [7, 11) is 0. The van der Waals surface area contributed by atoms with Crippen molar-refractivity contribution in [1.82, 2.24) is 15.3 Å². The van der Waals surface area contributed by atoms with Gasteiger partial charge < -0.3 is 15.6 Å². The SMILES string of the molecule is NC(=O)C(CCc1ccccc1)NC1CCC(=O)N2CCCC(OC(=O)O)N2C1=O. The first kappa shape index (κ1) is 21.6. The number of amides is 3. The first-order valence-corrected chi connectivity index (χ1v) is 9.99. The molecule has 2 heterocycles. The minimum Gasteiger partial charge on any atom is -0.450 e. The number of primary amides is 1. The van der Waals surface area contributed by atoms with E-state index in [4.69, 9.17) is 15.6 Å². The van der Waals surface area contributed by atoms with Crippen LogP contribution >= 0.6 is 0 Å². The molecule has 0 radical (unpaired) electrons. The highest BCUT2D eigenvalue weighted by molar-refractivity contribution is 5.89. The second-order valence-electron chi connectivity index (χ2n) is 7.42. The van der Waals surface area contributed by atoms with E-state index in [2.05, 4.69) is 5.32 Å². The summed E-state index contributed by atoms with van der Waals surface area (Å²) in [4.78, 5) is 48.7. The summed E-state index contributed by atoms with van der Waals surface area (Å²) in [5.74, 6) is -1.38. The highest BCUT2D eigenvalue weighted by Gasteiger charge is 2.43. The van der Waals surface area contributed by atoms with Gasteiger partial charge in [-0.1, -0.05) is 30.3 Å². The Morgan fingerprint density at radius 1 is 1.23 bits per heavy atom. The summed E-state index contributed by atoms with van der Waals surface area (Å²) >= 11 is 0. The lowest BCUT2D eigenvalue weighted by Crippen LogP contribution is -2.62. The number of hydrogen-bond acceptors (Lipinski definition) is 6. The molecule has 2 aliphatic rings. The quantitative estimate of drug-likeness (QED) is 0.551. The molecule has 3 atom stereocenters. The molecule has 1 aromatic rings. The number of rotatable bonds is 7. The monoisotopic (exact) mass is 418 g/mol. The molecule has 3 amide bonds. The van der Waals surface area contributed by atoms with E-state index in [1.165, 1.54) is 5.01 Å². The van der Waals surface area contributed by atoms with Crippen LogP contribution in [-0.2, 0) is 25.5 Å². The standard InChI is InChI=1S/C20H26N4O6/c21-18(26)14(9-8-13-5-2-1-3-6-13)22-15-10-11-16(25)23-12-4-7-17(30-20(28)29)24(23)19(15)27/h1-3,5-6,14-15,17,22H,4,7-12H2,(H2,21,26)(H,28,29). The van der Waals surface area contributed by atoms with Crippen LogP contribution in [0.25, 0.3) is 0 Å². The number of carbonyl (C=O) groups excluding carboxylic acids is 3. The summed E-state index contributed by atoms with van der Waals surface area (Å²) in [6.45, 7) is 0.310. The van der Waals surface area contributed by atoms with Gasteiger partial charge in [-0.2, -0.15) is 0 Å². The third-order valence-corrected chi connectivity index (χ3v) is 5.36. The van der Waals surface area contributed by atoms with Crippen LogP contribution in [0.4, 0.5) is 4.79 Å². The largest absolute Gasteiger partial charge is 0.507 e. The smallest absolute Gasteiger partial charge is 0.450 e. The van der Waals surface area contributed by atoms with Gasteiger partial charge >= 0.3 is 6.16 Å². The summed E-state index contributed by atoms with van der Waals surface area (Å²) in [5.41, 5.74) is 6.58. The molecule has 2 aliphatic heterocycles. The van der Waals surface area contributed by atoms with Crippen molar-refractivity contribution >= 4 is 23.9 Å². The number of nitrogens with zero attached hydrogens (tertiary/aromatic N) is 2. The topological polar surface area (TPSA) is 142 Å². The third kappa shape index (κ3) is 5.07. The van der Waals surface area contributed by atoms with Crippen LogP contribution in [0.1, 0.15) is 37.7 Å². The number of aryl methyl sites for hydroxylation is 1. The van der Waals surface area contributed by atoms with Crippen LogP contribution in [0, 0.1) is 0 Å². The molecular formula is C20H26N4O6. The Bertz CT molecular complexity index is 802. The Morgan fingerprint density at radius 3 is 2.63 bits per heavy atom. The molecule has 10 nitrogen and oxygen atoms in total. The highest BCUT2D eigenvalue weighted by atomic mass is 16.7. The molecule has 2 fully saturated rings. The second kappa shape index (κ2) is 9.57. The van der Waals surface area contributed by atoms with E-state index in [1.807, 2.05) is 30.3 Å². The lowest BCUT2D eigenvalue weighted by atomic mass is 10.0. The van der Waals surface area contributed by atoms with Crippen LogP contribution in [0.2, 0.25) is 0 Å². The van der Waals surface area contributed by atoms with Crippen molar-refractivity contribution in [3.8, 4) is 0 Å². The zero-order valence-electron chi connectivity index (χ0n) is 16.5. The predicted octanol–water partition coefficient (Wildman–Crippen LogP) is 0.612. The molecule has 0 aliphatic carbocycles. The number of carboxylic acid groups (broad SMARTS) is 1. The van der Waals surface area contributed by atoms with E-state index in [1.54, 1.807) is 0 Å². The maximum atomic E-state index is 13.2. The molecule has 3 rings (SSSR count). The average Bonchev–Trinajstić information content (AvgIpc) is 2.83. The fraction of sp³-hybridized carbons (Fsp3) is 0.500. The summed E-state index contributed by atoms with van der Waals surface area (Å²) in [6.07, 6.45) is -0.546. The molecule has 3 unspecified atom stereocenters. The molecular weight excluding hydrogens is 392 g/mol. The normalized spacial score (nSPS) is 22.8. The first-order chi connectivity index (χ1) is 14.4. The molecule has 1 aromatic carbocycles. The Labute approximate surface area is 173 Å². The number of nitrogens with two attached hydrogens (primary N) is 1. The van der Waals surface area contributed by atoms with E-state index in [0.29, 0.717) is 32.2 Å². The number of benzene rings is 1. The Balaban J connectivity index is 1.74. The Morgan fingerprint density at radius 2 is 1.97 bits per heavy atom. The number of fused-ring (bicyclic) bond motifs is 1. The van der Waals surface area contributed by atoms with Gasteiger partial charge in [-0.25, -0.2) is 14.8 Å². The molecule has 0 saturated carbocycles. The fourth-order valence-electron chi connectivity index (χ4n) is 3.87. The lowest BCUT2D eigenvalue weighted by Gasteiger charge is -2.42. The van der Waals surface area contributed by atoms with Crippen molar-refractivity contribution in [1.29, 1.82) is 0 Å². The number of hydrogen-bond donors (Lipinski definition) is 3. The van der Waals surface area contributed by atoms with Gasteiger partial charge in [0.15, 0.2) is 6.23 Å². The lowest BCUT2D eigenvalue weighted by molar-refractivity contribution is -0.196. The van der Waals surface area contributed by atoms with E-state index in [0.717, 1.165) is 10.6 Å². The van der Waals surface area contributed by atoms with E-state index >= 15 is 0 Å². The zero-order valence-corrected chi connectivity index (χ0v) is 16.5. The van der Waals surface area contributed by atoms with E-state index in [-0.39, 0.29) is 18.7 Å². The highest BCUT2D eigenvalue weighted by Crippen LogP contribution is 2.25. The van der Waals surface area contributed by atoms with Gasteiger partial charge in [0, 0.05) is 19.4 Å². The van der Waals surface area contributed by atoms with Gasteiger partial charge in [-0.3, -0.25) is 19.7 Å². The zero-order chi connectivity index (χ0) is 21.7. The molecule has 2 saturated heterocycles. The molecule has 0 spiro atoms. The minimum atomic E-state index is -1.52. The first-order valence-electron chi connectivity index (χ1n) is 9.99. The van der Waals surface area contributed by atoms with Gasteiger partial charge in [0.05, 0.1) is 12.1 Å². The summed E-state index contributed by atoms with van der Waals surface area (Å²) in [6, 6.07) is 7.94. The third-order valence-electron chi connectivity index (χ3n) is 5.36. The van der Waals surface area contributed by atoms with Crippen molar-refractivity contribution in [3.05, 3.63) is 35.9 Å². The number of nitrogens with one attached hydrogen (secondary N) is 1. The molecule has 4 N–H and O–H groups in total. The second-order valence-corrected chi connectivity index (χ2v) is 7.42. The minimum absolute atomic E-state index is 0.0872. The number of hydrazine groups is 1. The van der Waals surface area contributed by atoms with Crippen LogP contribution < -0.4 is 11.1 Å². The Kier molecular flexibility index (Phi) is 6.88. The maximum absolute atomic E-state index is 13.2. The Hall–Kier alpha value is -3.14. The van der Waals surface area contributed by atoms with Gasteiger partial charge in [-0.15, -0.1) is 0 Å². The molecule has 10 heteroatoms. The van der Waals surface area contributed by atoms with Crippen LogP contribution in [-0.4, -0.2) is 63.9 Å².